The van der Waals surface area contributed by atoms with Gasteiger partial charge in [0.1, 0.15) is 4.88 Å². The number of aliphatic hydroxyl groups is 1. The van der Waals surface area contributed by atoms with Crippen molar-refractivity contribution < 1.29 is 19.7 Å². The van der Waals surface area contributed by atoms with Crippen molar-refractivity contribution in [3.05, 3.63) is 21.9 Å². The Balaban J connectivity index is 2.84. The Morgan fingerprint density at radius 1 is 1.75 bits per heavy atom. The summed E-state index contributed by atoms with van der Waals surface area (Å²) in [6, 6.07) is 1.39. The van der Waals surface area contributed by atoms with Crippen molar-refractivity contribution in [1.82, 2.24) is 0 Å². The summed E-state index contributed by atoms with van der Waals surface area (Å²) in [5.41, 5.74) is 0.472. The molecule has 66 valence electrons. The van der Waals surface area contributed by atoms with Gasteiger partial charge in [-0.1, -0.05) is 0 Å². The van der Waals surface area contributed by atoms with Gasteiger partial charge in [0.05, 0.1) is 0 Å². The lowest BCUT2D eigenvalue weighted by Gasteiger charge is -2.03. The summed E-state index contributed by atoms with van der Waals surface area (Å²) >= 11 is 1.06. The number of hydrogen-bond acceptors (Lipinski definition) is 4. The van der Waals surface area contributed by atoms with Crippen molar-refractivity contribution in [1.29, 1.82) is 0 Å². The highest BCUT2D eigenvalue weighted by Gasteiger charge is 2.11. The molecule has 0 saturated carbocycles. The molecule has 0 saturated heterocycles. The minimum absolute atomic E-state index is 0.195. The summed E-state index contributed by atoms with van der Waals surface area (Å²) in [6.45, 7) is 0. The molecule has 0 spiro atoms. The molecule has 1 unspecified atom stereocenters. The van der Waals surface area contributed by atoms with Crippen LogP contribution in [-0.4, -0.2) is 23.3 Å². The smallest absolute Gasteiger partial charge is 0.345 e. The number of ether oxygens (including phenoxy) is 1. The molecule has 0 aromatic carbocycles. The fraction of sp³-hybridized carbons (Fsp3) is 0.286. The molecule has 0 aliphatic rings. The molecule has 12 heavy (non-hydrogen) atoms. The Bertz CT molecular complexity index is 281. The number of thiophene rings is 1. The molecule has 0 aliphatic heterocycles. The summed E-state index contributed by atoms with van der Waals surface area (Å²) in [7, 11) is 1.35. The second-order valence-electron chi connectivity index (χ2n) is 2.14. The summed E-state index contributed by atoms with van der Waals surface area (Å²) in [5.74, 6) is -0.991. The van der Waals surface area contributed by atoms with Gasteiger partial charge in [-0.25, -0.2) is 4.79 Å². The number of aromatic carboxylic acids is 1. The zero-order valence-corrected chi connectivity index (χ0v) is 7.17. The molecule has 1 aromatic rings. The number of methoxy groups -OCH3 is 1. The summed E-state index contributed by atoms with van der Waals surface area (Å²) in [4.78, 5) is 10.6. The molecule has 0 fully saturated rings. The Morgan fingerprint density at radius 3 is 2.83 bits per heavy atom. The maximum Gasteiger partial charge on any atom is 0.345 e. The minimum atomic E-state index is -1.03. The first-order valence-corrected chi connectivity index (χ1v) is 4.05. The Morgan fingerprint density at radius 2 is 2.42 bits per heavy atom. The van der Waals surface area contributed by atoms with E-state index in [2.05, 4.69) is 4.74 Å². The zero-order valence-electron chi connectivity index (χ0n) is 6.35. The number of hydrogen-bond donors (Lipinski definition) is 2. The average molecular weight is 188 g/mol. The predicted molar refractivity (Wildman–Crippen MR) is 43.2 cm³/mol. The van der Waals surface area contributed by atoms with Crippen molar-refractivity contribution in [3.63, 3.8) is 0 Å². The number of aliphatic hydroxyl groups excluding tert-OH is 1. The van der Waals surface area contributed by atoms with Gasteiger partial charge in [0.25, 0.3) is 0 Å². The van der Waals surface area contributed by atoms with E-state index in [-0.39, 0.29) is 4.88 Å². The van der Waals surface area contributed by atoms with Crippen molar-refractivity contribution in [2.24, 2.45) is 0 Å². The molecule has 1 heterocycles. The molecular formula is C7H8O4S. The third-order valence-corrected chi connectivity index (χ3v) is 2.28. The second-order valence-corrected chi connectivity index (χ2v) is 3.05. The van der Waals surface area contributed by atoms with Crippen molar-refractivity contribution in [2.45, 2.75) is 6.29 Å². The predicted octanol–water partition coefficient (Wildman–Crippen LogP) is 1.08. The molecule has 0 amide bonds. The Kier molecular flexibility index (Phi) is 2.80. The van der Waals surface area contributed by atoms with E-state index in [1.165, 1.54) is 13.2 Å². The Hall–Kier alpha value is -0.910. The second kappa shape index (κ2) is 3.66. The first kappa shape index (κ1) is 9.18. The van der Waals surface area contributed by atoms with E-state index < -0.39 is 12.3 Å². The fourth-order valence-corrected chi connectivity index (χ4v) is 1.48. The van der Waals surface area contributed by atoms with Gasteiger partial charge in [0.2, 0.25) is 0 Å². The SMILES string of the molecule is COC(O)c1csc(C(=O)O)c1. The van der Waals surface area contributed by atoms with Gasteiger partial charge in [-0.2, -0.15) is 0 Å². The van der Waals surface area contributed by atoms with E-state index >= 15 is 0 Å². The highest BCUT2D eigenvalue weighted by molar-refractivity contribution is 7.12. The molecule has 0 aliphatic carbocycles. The number of carbonyl (C=O) groups is 1. The van der Waals surface area contributed by atoms with Gasteiger partial charge in [-0.15, -0.1) is 11.3 Å². The average Bonchev–Trinajstić information content (AvgIpc) is 2.51. The maximum atomic E-state index is 10.4. The lowest BCUT2D eigenvalue weighted by Crippen LogP contribution is -1.97. The number of carboxylic acids is 1. The first-order chi connectivity index (χ1) is 5.65. The standard InChI is InChI=1S/C7H8O4S/c1-11-7(10)4-2-5(6(8)9)12-3-4/h2-3,7,10H,1H3,(H,8,9). The molecule has 0 radical (unpaired) electrons. The normalized spacial score (nSPS) is 12.8. The van der Waals surface area contributed by atoms with Gasteiger partial charge in [-0.05, 0) is 11.4 Å². The molecule has 1 rings (SSSR count). The first-order valence-electron chi connectivity index (χ1n) is 3.17. The molecular weight excluding hydrogens is 180 g/mol. The van der Waals surface area contributed by atoms with Crippen LogP contribution in [0.25, 0.3) is 0 Å². The van der Waals surface area contributed by atoms with Gasteiger partial charge >= 0.3 is 5.97 Å². The van der Waals surface area contributed by atoms with Crippen LogP contribution in [0.1, 0.15) is 21.5 Å². The lowest BCUT2D eigenvalue weighted by molar-refractivity contribution is -0.0766. The molecule has 2 N–H and O–H groups in total. The van der Waals surface area contributed by atoms with E-state index in [1.54, 1.807) is 5.38 Å². The van der Waals surface area contributed by atoms with Crippen LogP contribution in [0, 0.1) is 0 Å². The van der Waals surface area contributed by atoms with Gasteiger partial charge in [-0.3, -0.25) is 0 Å². The fourth-order valence-electron chi connectivity index (χ4n) is 0.729. The minimum Gasteiger partial charge on any atom is -0.477 e. The van der Waals surface area contributed by atoms with Crippen LogP contribution in [0.15, 0.2) is 11.4 Å². The Labute approximate surface area is 73.0 Å². The quantitative estimate of drug-likeness (QED) is 0.696. The highest BCUT2D eigenvalue weighted by Crippen LogP contribution is 2.20. The van der Waals surface area contributed by atoms with Crippen LogP contribution in [0.3, 0.4) is 0 Å². The monoisotopic (exact) mass is 188 g/mol. The maximum absolute atomic E-state index is 10.4. The van der Waals surface area contributed by atoms with E-state index in [4.69, 9.17) is 10.2 Å². The van der Waals surface area contributed by atoms with Gasteiger partial charge < -0.3 is 14.9 Å². The van der Waals surface area contributed by atoms with Crippen molar-refractivity contribution in [2.75, 3.05) is 7.11 Å². The molecule has 1 aromatic heterocycles. The third kappa shape index (κ3) is 1.82. The van der Waals surface area contributed by atoms with Crippen LogP contribution < -0.4 is 0 Å². The van der Waals surface area contributed by atoms with E-state index in [0.29, 0.717) is 5.56 Å². The summed E-state index contributed by atoms with van der Waals surface area (Å²) in [6.07, 6.45) is -1.03. The third-order valence-electron chi connectivity index (χ3n) is 1.34. The van der Waals surface area contributed by atoms with E-state index in [9.17, 15) is 4.79 Å². The van der Waals surface area contributed by atoms with Gasteiger partial charge in [0, 0.05) is 12.7 Å². The zero-order chi connectivity index (χ0) is 9.14. The largest absolute Gasteiger partial charge is 0.477 e. The van der Waals surface area contributed by atoms with E-state index in [0.717, 1.165) is 11.3 Å². The van der Waals surface area contributed by atoms with Crippen molar-refractivity contribution >= 4 is 17.3 Å². The van der Waals surface area contributed by atoms with Crippen molar-refractivity contribution in [3.8, 4) is 0 Å². The summed E-state index contributed by atoms with van der Waals surface area (Å²) in [5, 5.41) is 19.2. The highest BCUT2D eigenvalue weighted by atomic mass is 32.1. The van der Waals surface area contributed by atoms with Crippen LogP contribution in [0.4, 0.5) is 0 Å². The molecule has 5 heteroatoms. The van der Waals surface area contributed by atoms with Crippen LogP contribution >= 0.6 is 11.3 Å². The van der Waals surface area contributed by atoms with Crippen LogP contribution in [0.5, 0.6) is 0 Å². The van der Waals surface area contributed by atoms with Crippen LogP contribution in [-0.2, 0) is 4.74 Å². The molecule has 0 bridgehead atoms. The topological polar surface area (TPSA) is 66.8 Å². The van der Waals surface area contributed by atoms with Crippen LogP contribution in [0.2, 0.25) is 0 Å². The van der Waals surface area contributed by atoms with E-state index in [1.807, 2.05) is 0 Å². The molecule has 4 nitrogen and oxygen atoms in total. The van der Waals surface area contributed by atoms with Gasteiger partial charge in [0.15, 0.2) is 6.29 Å². The number of carboxylic acid groups (broad SMARTS) is 1. The number of rotatable bonds is 3. The lowest BCUT2D eigenvalue weighted by atomic mass is 10.3. The molecule has 1 atom stereocenters. The summed E-state index contributed by atoms with van der Waals surface area (Å²) < 4.78 is 4.60.